The summed E-state index contributed by atoms with van der Waals surface area (Å²) in [6.07, 6.45) is 1.85. The van der Waals surface area contributed by atoms with Crippen molar-refractivity contribution >= 4 is 34.1 Å². The van der Waals surface area contributed by atoms with Gasteiger partial charge in [0.25, 0.3) is 0 Å². The third-order valence-electron chi connectivity index (χ3n) is 5.24. The molecule has 0 unspecified atom stereocenters. The highest BCUT2D eigenvalue weighted by Crippen LogP contribution is 2.29. The SMILES string of the molecule is Clc1ccc(-c2nc(N3CCN(c4ccccn4)CC3)c3ccccc3n2)cc1. The number of para-hydroxylation sites is 1. The number of nitrogens with zero attached hydrogens (tertiary/aromatic N) is 5. The van der Waals surface area contributed by atoms with Gasteiger partial charge in [-0.1, -0.05) is 29.8 Å². The first kappa shape index (κ1) is 17.9. The maximum absolute atomic E-state index is 6.05. The van der Waals surface area contributed by atoms with Crippen LogP contribution in [-0.2, 0) is 0 Å². The number of fused-ring (bicyclic) bond motifs is 1. The van der Waals surface area contributed by atoms with Gasteiger partial charge in [0.1, 0.15) is 11.6 Å². The third-order valence-corrected chi connectivity index (χ3v) is 5.49. The van der Waals surface area contributed by atoms with E-state index in [1.807, 2.05) is 60.8 Å². The Hall–Kier alpha value is -3.18. The summed E-state index contributed by atoms with van der Waals surface area (Å²) in [7, 11) is 0. The molecular weight excluding hydrogens is 382 g/mol. The Bertz CT molecular complexity index is 1120. The molecule has 1 fully saturated rings. The molecule has 5 rings (SSSR count). The van der Waals surface area contributed by atoms with Crippen molar-refractivity contribution in [1.29, 1.82) is 0 Å². The Balaban J connectivity index is 1.48. The average molecular weight is 402 g/mol. The lowest BCUT2D eigenvalue weighted by atomic mass is 10.1. The van der Waals surface area contributed by atoms with Crippen LogP contribution in [0.15, 0.2) is 72.9 Å². The van der Waals surface area contributed by atoms with Crippen LogP contribution >= 0.6 is 11.6 Å². The third kappa shape index (κ3) is 3.61. The number of hydrogen-bond acceptors (Lipinski definition) is 5. The van der Waals surface area contributed by atoms with Crippen LogP contribution in [0.2, 0.25) is 5.02 Å². The quantitative estimate of drug-likeness (QED) is 0.499. The van der Waals surface area contributed by atoms with Gasteiger partial charge in [0.15, 0.2) is 5.82 Å². The molecule has 1 saturated heterocycles. The number of pyridine rings is 1. The summed E-state index contributed by atoms with van der Waals surface area (Å²) in [4.78, 5) is 18.9. The van der Waals surface area contributed by atoms with Gasteiger partial charge in [-0.25, -0.2) is 15.0 Å². The largest absolute Gasteiger partial charge is 0.353 e. The second kappa shape index (κ2) is 7.68. The number of hydrogen-bond donors (Lipinski definition) is 0. The van der Waals surface area contributed by atoms with Crippen molar-refractivity contribution in [2.45, 2.75) is 0 Å². The normalized spacial score (nSPS) is 14.4. The molecule has 0 bridgehead atoms. The molecule has 4 aromatic rings. The molecule has 144 valence electrons. The van der Waals surface area contributed by atoms with Gasteiger partial charge in [-0.3, -0.25) is 0 Å². The van der Waals surface area contributed by atoms with E-state index in [1.54, 1.807) is 0 Å². The lowest BCUT2D eigenvalue weighted by Gasteiger charge is -2.36. The number of benzene rings is 2. The van der Waals surface area contributed by atoms with Crippen molar-refractivity contribution in [3.8, 4) is 11.4 Å². The topological polar surface area (TPSA) is 45.2 Å². The maximum atomic E-state index is 6.05. The van der Waals surface area contributed by atoms with Crippen molar-refractivity contribution in [3.63, 3.8) is 0 Å². The molecule has 0 N–H and O–H groups in total. The Kier molecular flexibility index (Phi) is 4.74. The van der Waals surface area contributed by atoms with Gasteiger partial charge in [0.05, 0.1) is 5.52 Å². The number of rotatable bonds is 3. The molecule has 0 atom stereocenters. The molecule has 2 aromatic carbocycles. The fourth-order valence-electron chi connectivity index (χ4n) is 3.72. The molecule has 0 spiro atoms. The van der Waals surface area contributed by atoms with Crippen LogP contribution in [0.25, 0.3) is 22.3 Å². The summed E-state index contributed by atoms with van der Waals surface area (Å²) in [6.45, 7) is 3.59. The first-order chi connectivity index (χ1) is 14.3. The van der Waals surface area contributed by atoms with Crippen LogP contribution < -0.4 is 9.80 Å². The van der Waals surface area contributed by atoms with E-state index in [0.717, 1.165) is 60.1 Å². The summed E-state index contributed by atoms with van der Waals surface area (Å²) in [5, 5.41) is 1.79. The molecule has 0 radical (unpaired) electrons. The van der Waals surface area contributed by atoms with E-state index in [0.29, 0.717) is 5.02 Å². The average Bonchev–Trinajstić information content (AvgIpc) is 2.79. The number of aromatic nitrogens is 3. The van der Waals surface area contributed by atoms with E-state index in [-0.39, 0.29) is 0 Å². The molecule has 0 aliphatic carbocycles. The summed E-state index contributed by atoms with van der Waals surface area (Å²) < 4.78 is 0. The summed E-state index contributed by atoms with van der Waals surface area (Å²) in [5.41, 5.74) is 1.92. The van der Waals surface area contributed by atoms with Gasteiger partial charge in [0, 0.05) is 48.3 Å². The van der Waals surface area contributed by atoms with Crippen molar-refractivity contribution in [1.82, 2.24) is 15.0 Å². The zero-order valence-electron chi connectivity index (χ0n) is 15.9. The second-order valence-electron chi connectivity index (χ2n) is 7.06. The van der Waals surface area contributed by atoms with Crippen molar-refractivity contribution in [2.75, 3.05) is 36.0 Å². The molecular formula is C23H20ClN5. The molecule has 29 heavy (non-hydrogen) atoms. The predicted molar refractivity (Wildman–Crippen MR) is 119 cm³/mol. The molecule has 2 aromatic heterocycles. The van der Waals surface area contributed by atoms with Crippen molar-refractivity contribution in [3.05, 3.63) is 77.9 Å². The van der Waals surface area contributed by atoms with Crippen LogP contribution in [-0.4, -0.2) is 41.1 Å². The number of anilines is 2. The smallest absolute Gasteiger partial charge is 0.162 e. The Labute approximate surface area is 174 Å². The minimum absolute atomic E-state index is 0.709. The van der Waals surface area contributed by atoms with Crippen LogP contribution in [0.3, 0.4) is 0 Å². The fourth-order valence-corrected chi connectivity index (χ4v) is 3.84. The first-order valence-corrected chi connectivity index (χ1v) is 10.1. The summed E-state index contributed by atoms with van der Waals surface area (Å²) >= 11 is 6.05. The van der Waals surface area contributed by atoms with Gasteiger partial charge < -0.3 is 9.80 Å². The van der Waals surface area contributed by atoms with Gasteiger partial charge in [0.2, 0.25) is 0 Å². The highest BCUT2D eigenvalue weighted by molar-refractivity contribution is 6.30. The van der Waals surface area contributed by atoms with E-state index in [4.69, 9.17) is 21.6 Å². The van der Waals surface area contributed by atoms with Gasteiger partial charge in [-0.05, 0) is 48.5 Å². The van der Waals surface area contributed by atoms with Crippen LogP contribution in [0.4, 0.5) is 11.6 Å². The van der Waals surface area contributed by atoms with Crippen LogP contribution in [0, 0.1) is 0 Å². The number of halogens is 1. The fraction of sp³-hybridized carbons (Fsp3) is 0.174. The summed E-state index contributed by atoms with van der Waals surface area (Å²) in [5.74, 6) is 2.74. The van der Waals surface area contributed by atoms with Crippen LogP contribution in [0.5, 0.6) is 0 Å². The van der Waals surface area contributed by atoms with Crippen molar-refractivity contribution < 1.29 is 0 Å². The Morgan fingerprint density at radius 2 is 1.45 bits per heavy atom. The molecule has 0 amide bonds. The minimum Gasteiger partial charge on any atom is -0.353 e. The zero-order valence-corrected chi connectivity index (χ0v) is 16.6. The van der Waals surface area contributed by atoms with Gasteiger partial charge in [-0.2, -0.15) is 0 Å². The molecule has 1 aliphatic rings. The van der Waals surface area contributed by atoms with Crippen LogP contribution in [0.1, 0.15) is 0 Å². The monoisotopic (exact) mass is 401 g/mol. The predicted octanol–water partition coefficient (Wildman–Crippen LogP) is 4.67. The highest BCUT2D eigenvalue weighted by Gasteiger charge is 2.21. The second-order valence-corrected chi connectivity index (χ2v) is 7.49. The lowest BCUT2D eigenvalue weighted by molar-refractivity contribution is 0.643. The number of piperazine rings is 1. The lowest BCUT2D eigenvalue weighted by Crippen LogP contribution is -2.47. The van der Waals surface area contributed by atoms with E-state index < -0.39 is 0 Å². The van der Waals surface area contributed by atoms with E-state index in [1.165, 1.54) is 0 Å². The highest BCUT2D eigenvalue weighted by atomic mass is 35.5. The van der Waals surface area contributed by atoms with E-state index in [9.17, 15) is 0 Å². The molecule has 5 nitrogen and oxygen atoms in total. The Morgan fingerprint density at radius 1 is 0.724 bits per heavy atom. The minimum atomic E-state index is 0.709. The molecule has 3 heterocycles. The maximum Gasteiger partial charge on any atom is 0.162 e. The van der Waals surface area contributed by atoms with E-state index >= 15 is 0 Å². The molecule has 1 aliphatic heterocycles. The Morgan fingerprint density at radius 3 is 2.21 bits per heavy atom. The van der Waals surface area contributed by atoms with E-state index in [2.05, 4.69) is 26.9 Å². The van der Waals surface area contributed by atoms with Crippen molar-refractivity contribution in [2.24, 2.45) is 0 Å². The van der Waals surface area contributed by atoms with Gasteiger partial charge in [-0.15, -0.1) is 0 Å². The van der Waals surface area contributed by atoms with Gasteiger partial charge >= 0.3 is 0 Å². The molecule has 6 heteroatoms. The zero-order chi connectivity index (χ0) is 19.6. The first-order valence-electron chi connectivity index (χ1n) is 9.71. The standard InChI is InChI=1S/C23H20ClN5/c24-18-10-8-17(9-11-18)22-26-20-6-2-1-5-19(20)23(27-22)29-15-13-28(14-16-29)21-7-3-4-12-25-21/h1-12H,13-16H2. The molecule has 0 saturated carbocycles. The summed E-state index contributed by atoms with van der Waals surface area (Å²) in [6, 6.07) is 21.9.